The highest BCUT2D eigenvalue weighted by Gasteiger charge is 2.79. The van der Waals surface area contributed by atoms with Crippen molar-refractivity contribution in [1.82, 2.24) is 0 Å². The van der Waals surface area contributed by atoms with Crippen molar-refractivity contribution in [1.29, 1.82) is 0 Å². The summed E-state index contributed by atoms with van der Waals surface area (Å²) in [7, 11) is 0. The lowest BCUT2D eigenvalue weighted by atomic mass is 9.55. The average molecular weight is 597 g/mol. The van der Waals surface area contributed by atoms with Crippen molar-refractivity contribution in [2.75, 3.05) is 6.61 Å². The van der Waals surface area contributed by atoms with Crippen molar-refractivity contribution in [2.45, 2.75) is 104 Å². The first kappa shape index (κ1) is 30.1. The molecule has 11 atom stereocenters. The summed E-state index contributed by atoms with van der Waals surface area (Å²) in [6.45, 7) is 15.4. The van der Waals surface area contributed by atoms with Crippen LogP contribution in [0.5, 0.6) is 0 Å². The number of esters is 4. The minimum absolute atomic E-state index is 0.0179. The molecular weight excluding hydrogens is 552 g/mol. The van der Waals surface area contributed by atoms with E-state index in [1.54, 1.807) is 0 Å². The second kappa shape index (κ2) is 10.3. The summed E-state index contributed by atoms with van der Waals surface area (Å²) in [4.78, 5) is 50.6. The molecule has 4 fully saturated rings. The smallest absolute Gasteiger partial charge is 0.334 e. The average Bonchev–Trinajstić information content (AvgIpc) is 3.49. The first-order valence-corrected chi connectivity index (χ1v) is 15.7. The fourth-order valence-corrected chi connectivity index (χ4v) is 10.4. The van der Waals surface area contributed by atoms with E-state index in [1.165, 1.54) is 13.8 Å². The van der Waals surface area contributed by atoms with Gasteiger partial charge in [0.25, 0.3) is 0 Å². The molecule has 1 unspecified atom stereocenters. The van der Waals surface area contributed by atoms with Gasteiger partial charge >= 0.3 is 23.9 Å². The summed E-state index contributed by atoms with van der Waals surface area (Å²) >= 11 is 0. The Bertz CT molecular complexity index is 1360. The van der Waals surface area contributed by atoms with Crippen molar-refractivity contribution in [3.8, 4) is 0 Å². The molecule has 0 radical (unpaired) electrons. The summed E-state index contributed by atoms with van der Waals surface area (Å²) in [5.41, 5.74) is 2.89. The summed E-state index contributed by atoms with van der Waals surface area (Å²) in [5, 5.41) is 12.2. The number of ether oxygens (including phenoxy) is 4. The van der Waals surface area contributed by atoms with E-state index in [0.717, 1.165) is 28.7 Å². The molecule has 0 amide bonds. The highest BCUT2D eigenvalue weighted by molar-refractivity contribution is 5.91. The number of aliphatic hydroxyl groups excluding tert-OH is 1. The lowest BCUT2D eigenvalue weighted by Crippen LogP contribution is -2.50. The normalized spacial score (nSPS) is 41.9. The Morgan fingerprint density at radius 2 is 1.81 bits per heavy atom. The number of aliphatic hydroxyl groups is 1. The van der Waals surface area contributed by atoms with Crippen LogP contribution in [0.3, 0.4) is 0 Å². The third-order valence-corrected chi connectivity index (χ3v) is 12.0. The van der Waals surface area contributed by atoms with Gasteiger partial charge in [0.05, 0.1) is 18.1 Å². The Morgan fingerprint density at radius 1 is 1.09 bits per heavy atom. The van der Waals surface area contributed by atoms with Crippen LogP contribution in [-0.2, 0) is 38.1 Å². The summed E-state index contributed by atoms with van der Waals surface area (Å²) < 4.78 is 23.3. The number of hydrogen-bond acceptors (Lipinski definition) is 9. The van der Waals surface area contributed by atoms with Gasteiger partial charge in [0, 0.05) is 49.0 Å². The molecule has 9 nitrogen and oxygen atoms in total. The second-order valence-electron chi connectivity index (χ2n) is 14.1. The Hall–Kier alpha value is -2.94. The maximum absolute atomic E-state index is 14.2. The molecular formula is C34H44O9. The monoisotopic (exact) mass is 596 g/mol. The molecule has 9 heteroatoms. The van der Waals surface area contributed by atoms with Crippen LogP contribution in [0.25, 0.3) is 0 Å². The highest BCUT2D eigenvalue weighted by atomic mass is 16.6. The standard InChI is InChI=1S/C34H44O9/c1-15(9-8-10-40-20(6)35)26-16(2)11-25-28(29(26)37)34(32(39)43-25)14-33-17(3)12-24-22(18(4)31(38)42-24)13-23(33)19(5)27(34)30(33)41-21(7)36/h15,17,22,24-25,27-30,37H,4,8-14H2,1-3,5-7H3/t15-,17-,22+,24-,25+,27-,28+,29+,30?,33-,34-/m0/s1. The zero-order valence-electron chi connectivity index (χ0n) is 26.1. The van der Waals surface area contributed by atoms with E-state index >= 15 is 0 Å². The molecule has 2 heterocycles. The van der Waals surface area contributed by atoms with Crippen LogP contribution in [0.2, 0.25) is 0 Å². The van der Waals surface area contributed by atoms with Gasteiger partial charge in [-0.15, -0.1) is 0 Å². The van der Waals surface area contributed by atoms with Crippen molar-refractivity contribution in [3.05, 3.63) is 34.4 Å². The van der Waals surface area contributed by atoms with Crippen LogP contribution in [0.15, 0.2) is 34.4 Å². The zero-order chi connectivity index (χ0) is 31.2. The summed E-state index contributed by atoms with van der Waals surface area (Å²) in [6, 6.07) is 0. The van der Waals surface area contributed by atoms with E-state index in [1.807, 2.05) is 13.8 Å². The predicted octanol–water partition coefficient (Wildman–Crippen LogP) is 4.37. The molecule has 2 spiro atoms. The Balaban J connectivity index is 1.40. The van der Waals surface area contributed by atoms with Crippen LogP contribution < -0.4 is 0 Å². The molecule has 2 saturated carbocycles. The third-order valence-electron chi connectivity index (χ3n) is 12.0. The van der Waals surface area contributed by atoms with E-state index in [4.69, 9.17) is 18.9 Å². The van der Waals surface area contributed by atoms with Crippen LogP contribution >= 0.6 is 0 Å². The van der Waals surface area contributed by atoms with Crippen LogP contribution in [0.1, 0.15) is 80.1 Å². The minimum Gasteiger partial charge on any atom is -0.466 e. The molecule has 0 aromatic rings. The van der Waals surface area contributed by atoms with Crippen LogP contribution in [0.4, 0.5) is 0 Å². The quantitative estimate of drug-likeness (QED) is 0.156. The molecule has 6 aliphatic rings. The Kier molecular flexibility index (Phi) is 7.22. The van der Waals surface area contributed by atoms with Gasteiger partial charge in [0.15, 0.2) is 0 Å². The summed E-state index contributed by atoms with van der Waals surface area (Å²) in [6.07, 6.45) is 1.25. The van der Waals surface area contributed by atoms with Gasteiger partial charge in [-0.05, 0) is 63.4 Å². The zero-order valence-corrected chi connectivity index (χ0v) is 26.1. The van der Waals surface area contributed by atoms with Gasteiger partial charge in [0.2, 0.25) is 0 Å². The molecule has 2 saturated heterocycles. The first-order chi connectivity index (χ1) is 20.2. The van der Waals surface area contributed by atoms with Crippen LogP contribution in [0, 0.1) is 40.4 Å². The fourth-order valence-electron chi connectivity index (χ4n) is 10.4. The van der Waals surface area contributed by atoms with Gasteiger partial charge in [-0.1, -0.05) is 37.1 Å². The lowest BCUT2D eigenvalue weighted by molar-refractivity contribution is -0.156. The topological polar surface area (TPSA) is 125 Å². The van der Waals surface area contributed by atoms with E-state index in [-0.39, 0.29) is 41.8 Å². The SMILES string of the molecule is C=C1C(=O)O[C@H]2C[C@H](C)[C@@]34C[C@]5(C(=O)O[C@@H]6CC(C)=C([C@@H](C)CCCOC(C)=O)[C@@H](O)[C@@H]65)[C@@H](C(C)=C3C[C@H]12)C4OC(C)=O. The number of carbonyl (C=O) groups excluding carboxylic acids is 4. The number of hydrogen-bond donors (Lipinski definition) is 1. The molecule has 2 aliphatic heterocycles. The molecule has 1 N–H and O–H groups in total. The largest absolute Gasteiger partial charge is 0.466 e. The summed E-state index contributed by atoms with van der Waals surface area (Å²) in [5.74, 6) is -2.51. The van der Waals surface area contributed by atoms with Crippen molar-refractivity contribution >= 4 is 23.9 Å². The van der Waals surface area contributed by atoms with E-state index < -0.39 is 46.9 Å². The highest BCUT2D eigenvalue weighted by Crippen LogP contribution is 2.76. The van der Waals surface area contributed by atoms with Crippen molar-refractivity contribution in [2.24, 2.45) is 40.4 Å². The van der Waals surface area contributed by atoms with Crippen molar-refractivity contribution < 1.29 is 43.2 Å². The fraction of sp³-hybridized carbons (Fsp3) is 0.706. The van der Waals surface area contributed by atoms with Gasteiger partial charge in [-0.25, -0.2) is 4.79 Å². The third kappa shape index (κ3) is 4.12. The number of carbonyl (C=O) groups is 4. The number of rotatable bonds is 6. The molecule has 6 rings (SSSR count). The van der Waals surface area contributed by atoms with E-state index in [0.29, 0.717) is 44.3 Å². The maximum atomic E-state index is 14.2. The molecule has 4 aliphatic carbocycles. The molecule has 0 aromatic heterocycles. The second-order valence-corrected chi connectivity index (χ2v) is 14.1. The van der Waals surface area contributed by atoms with E-state index in [9.17, 15) is 24.3 Å². The van der Waals surface area contributed by atoms with Crippen LogP contribution in [-0.4, -0.2) is 60.0 Å². The van der Waals surface area contributed by atoms with Gasteiger partial charge in [0.1, 0.15) is 18.3 Å². The molecule has 2 bridgehead atoms. The first-order valence-electron chi connectivity index (χ1n) is 15.7. The predicted molar refractivity (Wildman–Crippen MR) is 154 cm³/mol. The minimum atomic E-state index is -1.05. The molecule has 234 valence electrons. The molecule has 43 heavy (non-hydrogen) atoms. The number of fused-ring (bicyclic) bond motifs is 5. The maximum Gasteiger partial charge on any atom is 0.334 e. The van der Waals surface area contributed by atoms with E-state index in [2.05, 4.69) is 20.4 Å². The van der Waals surface area contributed by atoms with Gasteiger partial charge in [-0.2, -0.15) is 0 Å². The van der Waals surface area contributed by atoms with Gasteiger partial charge in [-0.3, -0.25) is 14.4 Å². The van der Waals surface area contributed by atoms with Gasteiger partial charge < -0.3 is 24.1 Å². The lowest BCUT2D eigenvalue weighted by Gasteiger charge is -2.45. The Morgan fingerprint density at radius 3 is 2.49 bits per heavy atom. The molecule has 0 aromatic carbocycles. The van der Waals surface area contributed by atoms with Crippen molar-refractivity contribution in [3.63, 3.8) is 0 Å². The Labute approximate surface area is 253 Å².